The summed E-state index contributed by atoms with van der Waals surface area (Å²) in [6, 6.07) is 55.6. The summed E-state index contributed by atoms with van der Waals surface area (Å²) in [5.41, 5.74) is 17.8. The quantitative estimate of drug-likeness (QED) is 0.0408. The smallest absolute Gasteiger partial charge is 0.155 e. The van der Waals surface area contributed by atoms with Crippen LogP contribution in [0.5, 0.6) is 51.7 Å². The third-order valence-corrected chi connectivity index (χ3v) is 9.54. The second-order valence-corrected chi connectivity index (χ2v) is 13.7. The van der Waals surface area contributed by atoms with E-state index >= 15 is 0 Å². The number of nitrogens with one attached hydrogen (secondary N) is 1. The van der Waals surface area contributed by atoms with Crippen LogP contribution in [-0.2, 0) is 23.5 Å². The molecular weight excluding hydrogens is 1080 g/mol. The largest absolute Gasteiger partial charge is 0.457 e. The van der Waals surface area contributed by atoms with E-state index in [2.05, 4.69) is 27.4 Å². The Kier molecular flexibility index (Phi) is 39.2. The third-order valence-electron chi connectivity index (χ3n) is 9.54. The Balaban J connectivity index is 0. The van der Waals surface area contributed by atoms with Crippen molar-refractivity contribution in [1.29, 1.82) is 31.6 Å². The number of rotatable bonds is 0. The Morgan fingerprint density at radius 1 is 0.434 bits per heavy atom. The van der Waals surface area contributed by atoms with Gasteiger partial charge in [0.05, 0.1) is 17.1 Å². The molecule has 9 N–H and O–H groups in total. The molecule has 4 heterocycles. The molecule has 0 saturated heterocycles. The number of ether oxygens (including phenoxy) is 4. The topological polar surface area (TPSA) is 324 Å². The van der Waals surface area contributed by atoms with E-state index in [1.807, 2.05) is 140 Å². The predicted molar refractivity (Wildman–Crippen MR) is 282 cm³/mol. The summed E-state index contributed by atoms with van der Waals surface area (Å²) in [7, 11) is 0. The summed E-state index contributed by atoms with van der Waals surface area (Å²) < 4.78 is 23.9. The van der Waals surface area contributed by atoms with Gasteiger partial charge in [-0.1, -0.05) is 84.9 Å². The summed E-state index contributed by atoms with van der Waals surface area (Å²) in [5.74, 6) is 6.59. The van der Waals surface area contributed by atoms with Gasteiger partial charge in [-0.25, -0.2) is 9.98 Å². The van der Waals surface area contributed by atoms with Gasteiger partial charge in [-0.2, -0.15) is 0 Å². The van der Waals surface area contributed by atoms with Crippen LogP contribution in [0, 0.1) is 71.0 Å². The van der Waals surface area contributed by atoms with E-state index in [9.17, 15) is 0 Å². The number of hydrogen-bond acceptors (Lipinski definition) is 17. The molecule has 0 fully saturated rings. The first-order chi connectivity index (χ1) is 35.9. The number of nitrogens with two attached hydrogens (primary N) is 2. The SMILES string of the molecule is N.Nc1ccccc1.Nc1ccccc1O.[C-]#N.[C-]#N.[C-]#N.[C-]#N.[C-]#N.[C-]#N.[Fe+6].[K].[K][K].c1ccc2c(c1)Cc1cc3c(cc1O2)Nc1ccccc1O3.c1ccc2c(c1)N=c1cc3c(cc1O2)=Nc1ccccc1O3. The second-order valence-electron chi connectivity index (χ2n) is 13.7. The Hall–Kier alpha value is -5.91. The average Bonchev–Trinajstić information content (AvgIpc) is 3.47. The molecule has 0 atom stereocenters. The summed E-state index contributed by atoms with van der Waals surface area (Å²) in [6.45, 7) is 28.5. The number of hydrogen-bond donors (Lipinski definition) is 5. The van der Waals surface area contributed by atoms with Gasteiger partial charge in [0.2, 0.25) is 0 Å². The number of phenols is 1. The maximum Gasteiger partial charge on any atom is 0.155 e. The van der Waals surface area contributed by atoms with Crippen molar-refractivity contribution in [2.45, 2.75) is 6.42 Å². The zero-order valence-electron chi connectivity index (χ0n) is 41.3. The fraction of sp³-hybridized carbons (Fsp3) is 0.0182. The fourth-order valence-electron chi connectivity index (χ4n) is 6.60. The number of anilines is 4. The number of phenolic OH excluding ortho intramolecular Hbond substituents is 1. The van der Waals surface area contributed by atoms with Gasteiger partial charge in [0.25, 0.3) is 0 Å². The minimum absolute atomic E-state index is 0. The Morgan fingerprint density at radius 2 is 0.842 bits per heavy atom. The van der Waals surface area contributed by atoms with Crippen LogP contribution >= 0.6 is 0 Å². The van der Waals surface area contributed by atoms with Crippen LogP contribution in [0.15, 0.2) is 186 Å². The van der Waals surface area contributed by atoms with E-state index < -0.39 is 0 Å². The maximum absolute atomic E-state index is 8.79. The molecule has 0 bridgehead atoms. The summed E-state index contributed by atoms with van der Waals surface area (Å²) in [4.78, 5) is 9.25. The van der Waals surface area contributed by atoms with Crippen molar-refractivity contribution in [2.75, 3.05) is 16.8 Å². The third kappa shape index (κ3) is 20.9. The molecular formula is C55H40FeK3N12O5. The van der Waals surface area contributed by atoms with Gasteiger partial charge in [0, 0.05) is 87.3 Å². The Bertz CT molecular complexity index is 3010. The van der Waals surface area contributed by atoms with Crippen LogP contribution in [0.1, 0.15) is 11.1 Å². The van der Waals surface area contributed by atoms with Crippen LogP contribution in [0.25, 0.3) is 0 Å². The molecule has 1 radical (unpaired) electrons. The molecule has 0 aliphatic carbocycles. The van der Waals surface area contributed by atoms with E-state index in [0.717, 1.165) is 85.6 Å². The monoisotopic (exact) mass is 1120 g/mol. The minimum atomic E-state index is 0. The zero-order valence-corrected chi connectivity index (χ0v) is 51.8. The Labute approximate surface area is 540 Å². The van der Waals surface area contributed by atoms with Crippen LogP contribution in [-0.4, -0.2) is 120 Å². The molecule has 0 aromatic heterocycles. The predicted octanol–water partition coefficient (Wildman–Crippen LogP) is 10.9. The van der Waals surface area contributed by atoms with Crippen LogP contribution in [0.2, 0.25) is 0 Å². The fourth-order valence-corrected chi connectivity index (χ4v) is 6.60. The first-order valence-electron chi connectivity index (χ1n) is 21.2. The zero-order chi connectivity index (χ0) is 54.1. The molecule has 17 nitrogen and oxygen atoms in total. The molecule has 0 spiro atoms. The number of fused-ring (bicyclic) bond motifs is 8. The van der Waals surface area contributed by atoms with Crippen molar-refractivity contribution in [1.82, 2.24) is 6.15 Å². The molecule has 0 amide bonds. The van der Waals surface area contributed by atoms with Crippen LogP contribution < -0.4 is 52.6 Å². The van der Waals surface area contributed by atoms with Crippen molar-refractivity contribution < 1.29 is 41.1 Å². The Morgan fingerprint density at radius 3 is 1.32 bits per heavy atom. The van der Waals surface area contributed by atoms with Gasteiger partial charge in [0.15, 0.2) is 34.5 Å². The van der Waals surface area contributed by atoms with E-state index in [-0.39, 0.29) is 80.4 Å². The van der Waals surface area contributed by atoms with Crippen molar-refractivity contribution in [3.63, 3.8) is 0 Å². The van der Waals surface area contributed by atoms with Gasteiger partial charge in [-0.3, -0.25) is 0 Å². The second kappa shape index (κ2) is 41.3. The standard InChI is InChI=1S/C19H13NO2.C18H10N2O2.C6H7NO.C6H7N.6CN.Fe.3K.H3N/c1-3-7-16-12(5-1)9-13-10-19-15(11-18(13)21-16)20-14-6-2-4-8-17(14)22-19;1-3-7-15-11(5-1)19-13-9-18-14(10-17(13)21-15)20-12-6-2-4-8-16(12)22-18;7-5-3-1-2-4-6(5)8;7-6-4-2-1-3-5-6;6*1-2;;;;;/h1-8,10-11,20H,9H2;1-10H;1-4,8H,7H2;1-5H,7H2;;;;;;;;;;;1H3/q;;;;6*-1;+6;;;;. The number of aromatic hydroxyl groups is 1. The first-order valence-corrected chi connectivity index (χ1v) is 37.2. The number of para-hydroxylation sites is 10. The summed E-state index contributed by atoms with van der Waals surface area (Å²) in [5, 5.41) is 51.2. The van der Waals surface area contributed by atoms with Crippen molar-refractivity contribution >= 4 is 149 Å². The molecule has 0 saturated carbocycles. The first kappa shape index (κ1) is 72.2. The van der Waals surface area contributed by atoms with Crippen molar-refractivity contribution in [3.8, 4) is 51.7 Å². The van der Waals surface area contributed by atoms with E-state index in [1.54, 1.807) is 24.3 Å². The molecule has 21 heteroatoms. The van der Waals surface area contributed by atoms with Crippen molar-refractivity contribution in [2.24, 2.45) is 9.98 Å². The molecule has 8 aromatic carbocycles. The van der Waals surface area contributed by atoms with E-state index in [1.165, 1.54) is 68.7 Å². The van der Waals surface area contributed by atoms with E-state index in [4.69, 9.17) is 107 Å². The molecule has 12 rings (SSSR count). The molecule has 8 aromatic rings. The van der Waals surface area contributed by atoms with Gasteiger partial charge in [-0.15, -0.1) is 0 Å². The molecule has 0 unspecified atom stereocenters. The van der Waals surface area contributed by atoms with Crippen molar-refractivity contribution in [3.05, 3.63) is 237 Å². The summed E-state index contributed by atoms with van der Waals surface area (Å²) >= 11 is 2.50. The van der Waals surface area contributed by atoms with Crippen LogP contribution in [0.4, 0.5) is 34.1 Å². The van der Waals surface area contributed by atoms with E-state index in [0.29, 0.717) is 17.2 Å². The van der Waals surface area contributed by atoms with Gasteiger partial charge < -0.3 is 118 Å². The van der Waals surface area contributed by atoms with Gasteiger partial charge in [0.1, 0.15) is 39.3 Å². The molecule has 76 heavy (non-hydrogen) atoms. The normalized spacial score (nSPS) is 9.68. The number of benzene rings is 8. The number of nitrogens with zero attached hydrogens (tertiary/aromatic N) is 8. The molecule has 4 aliphatic heterocycles. The van der Waals surface area contributed by atoms with Gasteiger partial charge >= 0.3 is 80.2 Å². The van der Waals surface area contributed by atoms with Crippen LogP contribution in [0.3, 0.4) is 0 Å². The summed E-state index contributed by atoms with van der Waals surface area (Å²) in [6.07, 6.45) is 0.865. The molecule has 4 aliphatic rings. The number of nitrogen functional groups attached to an aromatic ring is 2. The minimum Gasteiger partial charge on any atom is -0.457 e. The maximum atomic E-state index is 8.79. The molecule has 361 valence electrons. The average molecular weight is 1120 g/mol. The van der Waals surface area contributed by atoms with Gasteiger partial charge in [-0.05, 0) is 78.4 Å².